The summed E-state index contributed by atoms with van der Waals surface area (Å²) in [5.41, 5.74) is -0.921. The fraction of sp³-hybridized carbons (Fsp3) is 0.769. The minimum Gasteiger partial charge on any atom is -0.481 e. The molecule has 0 saturated carbocycles. The Hall–Kier alpha value is -1.79. The van der Waals surface area contributed by atoms with Crippen molar-refractivity contribution in [2.24, 2.45) is 5.92 Å². The lowest BCUT2D eigenvalue weighted by Gasteiger charge is -2.43. The summed E-state index contributed by atoms with van der Waals surface area (Å²) in [7, 11) is 0. The molecule has 1 aliphatic heterocycles. The van der Waals surface area contributed by atoms with E-state index in [4.69, 9.17) is 5.11 Å². The average Bonchev–Trinajstić information content (AvgIpc) is 2.37. The Labute approximate surface area is 118 Å². The van der Waals surface area contributed by atoms with Crippen LogP contribution in [0.3, 0.4) is 0 Å². The van der Waals surface area contributed by atoms with Crippen molar-refractivity contribution in [3.05, 3.63) is 0 Å². The van der Waals surface area contributed by atoms with Crippen molar-refractivity contribution >= 4 is 17.9 Å². The van der Waals surface area contributed by atoms with E-state index in [0.717, 1.165) is 0 Å². The predicted octanol–water partition coefficient (Wildman–Crippen LogP) is 0.359. The van der Waals surface area contributed by atoms with E-state index in [1.807, 2.05) is 0 Å². The maximum absolute atomic E-state index is 12.5. The Morgan fingerprint density at radius 1 is 1.50 bits per heavy atom. The van der Waals surface area contributed by atoms with Crippen molar-refractivity contribution in [1.82, 2.24) is 15.1 Å². The number of urea groups is 1. The molecule has 0 bridgehead atoms. The molecule has 0 radical (unpaired) electrons. The first-order valence-electron chi connectivity index (χ1n) is 6.79. The molecule has 0 aromatic carbocycles. The van der Waals surface area contributed by atoms with Crippen molar-refractivity contribution < 1.29 is 19.5 Å². The zero-order chi connectivity index (χ0) is 15.5. The van der Waals surface area contributed by atoms with Gasteiger partial charge in [0.2, 0.25) is 5.91 Å². The van der Waals surface area contributed by atoms with Gasteiger partial charge in [0.15, 0.2) is 0 Å². The van der Waals surface area contributed by atoms with Crippen LogP contribution in [0, 0.1) is 5.92 Å². The van der Waals surface area contributed by atoms with Gasteiger partial charge in [0.1, 0.15) is 5.54 Å². The molecule has 0 aromatic heterocycles. The van der Waals surface area contributed by atoms with Crippen LogP contribution in [0.25, 0.3) is 0 Å². The molecule has 7 heteroatoms. The third-order valence-corrected chi connectivity index (χ3v) is 3.65. The predicted molar refractivity (Wildman–Crippen MR) is 73.2 cm³/mol. The summed E-state index contributed by atoms with van der Waals surface area (Å²) in [6, 6.07) is -0.291. The molecule has 3 amide bonds. The highest BCUT2D eigenvalue weighted by atomic mass is 16.4. The van der Waals surface area contributed by atoms with Gasteiger partial charge < -0.3 is 20.2 Å². The Morgan fingerprint density at radius 2 is 2.10 bits per heavy atom. The summed E-state index contributed by atoms with van der Waals surface area (Å²) in [5.74, 6) is -1.77. The largest absolute Gasteiger partial charge is 0.481 e. The van der Waals surface area contributed by atoms with Gasteiger partial charge in [0.25, 0.3) is 0 Å². The lowest BCUT2D eigenvalue weighted by molar-refractivity contribution is -0.141. The molecule has 1 aliphatic rings. The van der Waals surface area contributed by atoms with E-state index >= 15 is 0 Å². The van der Waals surface area contributed by atoms with Gasteiger partial charge in [-0.3, -0.25) is 9.59 Å². The van der Waals surface area contributed by atoms with Crippen molar-refractivity contribution in [2.45, 2.75) is 33.2 Å². The summed E-state index contributed by atoms with van der Waals surface area (Å²) in [6.07, 6.45) is 0. The van der Waals surface area contributed by atoms with Crippen LogP contribution in [-0.2, 0) is 9.59 Å². The van der Waals surface area contributed by atoms with Gasteiger partial charge in [-0.25, -0.2) is 4.79 Å². The molecule has 0 aromatic rings. The summed E-state index contributed by atoms with van der Waals surface area (Å²) in [4.78, 5) is 38.3. The number of hydrogen-bond donors (Lipinski definition) is 2. The lowest BCUT2D eigenvalue weighted by atomic mass is 9.99. The van der Waals surface area contributed by atoms with Gasteiger partial charge in [-0.05, 0) is 20.8 Å². The smallest absolute Gasteiger partial charge is 0.320 e. The Bertz CT molecular complexity index is 408. The molecule has 0 spiro atoms. The third-order valence-electron chi connectivity index (χ3n) is 3.65. The minimum atomic E-state index is -0.938. The molecule has 114 valence electrons. The van der Waals surface area contributed by atoms with Crippen LogP contribution in [0.5, 0.6) is 0 Å². The highest BCUT2D eigenvalue weighted by Crippen LogP contribution is 2.20. The van der Waals surface area contributed by atoms with Gasteiger partial charge in [-0.1, -0.05) is 6.92 Å². The number of hydrogen-bond acceptors (Lipinski definition) is 3. The van der Waals surface area contributed by atoms with Crippen LogP contribution >= 0.6 is 0 Å². The van der Waals surface area contributed by atoms with E-state index in [-0.39, 0.29) is 18.5 Å². The molecule has 0 aliphatic carbocycles. The van der Waals surface area contributed by atoms with E-state index < -0.39 is 17.4 Å². The van der Waals surface area contributed by atoms with Crippen LogP contribution in [0.2, 0.25) is 0 Å². The first-order chi connectivity index (χ1) is 9.21. The van der Waals surface area contributed by atoms with E-state index in [2.05, 4.69) is 5.32 Å². The summed E-state index contributed by atoms with van der Waals surface area (Å²) >= 11 is 0. The van der Waals surface area contributed by atoms with Crippen LogP contribution in [0.15, 0.2) is 0 Å². The number of nitrogens with zero attached hydrogens (tertiary/aromatic N) is 2. The van der Waals surface area contributed by atoms with Gasteiger partial charge in [-0.15, -0.1) is 0 Å². The van der Waals surface area contributed by atoms with Crippen LogP contribution in [-0.4, -0.2) is 64.5 Å². The Morgan fingerprint density at radius 3 is 2.60 bits per heavy atom. The lowest BCUT2D eigenvalue weighted by Crippen LogP contribution is -2.65. The molecular weight excluding hydrogens is 262 g/mol. The third kappa shape index (κ3) is 3.20. The Kier molecular flexibility index (Phi) is 4.97. The molecule has 2 N–H and O–H groups in total. The normalized spacial score (nSPS) is 19.2. The number of carbonyl (C=O) groups excluding carboxylic acids is 2. The number of aliphatic carboxylic acids is 1. The van der Waals surface area contributed by atoms with Gasteiger partial charge >= 0.3 is 12.0 Å². The highest BCUT2D eigenvalue weighted by molar-refractivity contribution is 5.91. The monoisotopic (exact) mass is 285 g/mol. The van der Waals surface area contributed by atoms with E-state index in [0.29, 0.717) is 19.6 Å². The summed E-state index contributed by atoms with van der Waals surface area (Å²) < 4.78 is 0. The second-order valence-electron chi connectivity index (χ2n) is 5.53. The first kappa shape index (κ1) is 16.3. The molecule has 7 nitrogen and oxygen atoms in total. The molecule has 1 heterocycles. The standard InChI is InChI=1S/C13H23N3O4/c1-5-15(8-9(2)10(17)18)12(20)16-7-6-14-11(19)13(16,3)4/h9H,5-8H2,1-4H3,(H,14,19)(H,17,18). The summed E-state index contributed by atoms with van der Waals surface area (Å²) in [5, 5.41) is 11.7. The molecule has 20 heavy (non-hydrogen) atoms. The van der Waals surface area contributed by atoms with Gasteiger partial charge in [0, 0.05) is 26.2 Å². The highest BCUT2D eigenvalue weighted by Gasteiger charge is 2.42. The molecular formula is C13H23N3O4. The fourth-order valence-corrected chi connectivity index (χ4v) is 2.16. The van der Waals surface area contributed by atoms with Gasteiger partial charge in [-0.2, -0.15) is 0 Å². The second kappa shape index (κ2) is 6.11. The SMILES string of the molecule is CCN(CC(C)C(=O)O)C(=O)N1CCNC(=O)C1(C)C. The molecule has 1 atom stereocenters. The van der Waals surface area contributed by atoms with Crippen molar-refractivity contribution in [1.29, 1.82) is 0 Å². The maximum atomic E-state index is 12.5. The first-order valence-corrected chi connectivity index (χ1v) is 6.79. The molecule has 1 saturated heterocycles. The Balaban J connectivity index is 2.85. The number of carboxylic acids is 1. The number of carbonyl (C=O) groups is 3. The number of piperazine rings is 1. The fourth-order valence-electron chi connectivity index (χ4n) is 2.16. The van der Waals surface area contributed by atoms with Crippen molar-refractivity contribution in [3.8, 4) is 0 Å². The molecule has 1 fully saturated rings. The van der Waals surface area contributed by atoms with E-state index in [1.165, 1.54) is 9.80 Å². The molecule has 1 rings (SSSR count). The van der Waals surface area contributed by atoms with Crippen molar-refractivity contribution in [2.75, 3.05) is 26.2 Å². The van der Waals surface area contributed by atoms with Crippen LogP contribution in [0.1, 0.15) is 27.7 Å². The van der Waals surface area contributed by atoms with E-state index in [1.54, 1.807) is 27.7 Å². The van der Waals surface area contributed by atoms with E-state index in [9.17, 15) is 14.4 Å². The average molecular weight is 285 g/mol. The van der Waals surface area contributed by atoms with Crippen molar-refractivity contribution in [3.63, 3.8) is 0 Å². The zero-order valence-electron chi connectivity index (χ0n) is 12.5. The quantitative estimate of drug-likeness (QED) is 0.780. The topological polar surface area (TPSA) is 90.0 Å². The minimum absolute atomic E-state index is 0.138. The second-order valence-corrected chi connectivity index (χ2v) is 5.53. The summed E-state index contributed by atoms with van der Waals surface area (Å²) in [6.45, 7) is 8.12. The number of rotatable bonds is 4. The number of nitrogens with one attached hydrogen (secondary N) is 1. The van der Waals surface area contributed by atoms with Crippen LogP contribution in [0.4, 0.5) is 4.79 Å². The van der Waals surface area contributed by atoms with Crippen LogP contribution < -0.4 is 5.32 Å². The van der Waals surface area contributed by atoms with Gasteiger partial charge in [0.05, 0.1) is 5.92 Å². The molecule has 1 unspecified atom stereocenters. The number of amides is 3. The maximum Gasteiger partial charge on any atom is 0.320 e. The zero-order valence-corrected chi connectivity index (χ0v) is 12.5. The number of carboxylic acid groups (broad SMARTS) is 1.